The van der Waals surface area contributed by atoms with Crippen molar-refractivity contribution < 1.29 is 27.4 Å². The lowest BCUT2D eigenvalue weighted by Crippen LogP contribution is -2.30. The largest absolute Gasteiger partial charge is 0.493 e. The fraction of sp³-hybridized carbons (Fsp3) is 0.441. The third kappa shape index (κ3) is 6.30. The maximum Gasteiger partial charge on any atom is 0.309 e. The molecule has 0 radical (unpaired) electrons. The molecule has 1 saturated heterocycles. The molecule has 0 spiro atoms. The Balaban J connectivity index is 1.14. The maximum absolute atomic E-state index is 12.0. The molecule has 0 unspecified atom stereocenters. The molecule has 3 aromatic carbocycles. The highest BCUT2D eigenvalue weighted by molar-refractivity contribution is 7.91. The average molecular weight is 575 g/mol. The summed E-state index contributed by atoms with van der Waals surface area (Å²) in [6.45, 7) is 5.01. The summed E-state index contributed by atoms with van der Waals surface area (Å²) in [6, 6.07) is 19.4. The van der Waals surface area contributed by atoms with E-state index in [4.69, 9.17) is 14.2 Å². The van der Waals surface area contributed by atoms with Gasteiger partial charge in [0, 0.05) is 12.0 Å². The van der Waals surface area contributed by atoms with Gasteiger partial charge in [-0.2, -0.15) is 0 Å². The molecule has 2 atom stereocenters. The molecule has 0 aromatic heterocycles. The Hall–Kier alpha value is -3.32. The average Bonchev–Trinajstić information content (AvgIpc) is 3.77. The standard InChI is InChI=1S/C34H38O6S/c1-3-38-34(35)30-21-29(30)25-9-6-23(7-10-25)4-5-24-8-11-32-31(19-24)33-22(2)18-28(20-26(33)12-15-39-32)40-27-13-16-41(36,37)17-14-27/h6-11,18-20,27,29-30H,3-5,12-17,21H2,1-2H3/t29-,30+/m1/s1. The van der Waals surface area contributed by atoms with Crippen molar-refractivity contribution in [3.8, 4) is 22.6 Å². The number of benzene rings is 3. The van der Waals surface area contributed by atoms with E-state index in [0.717, 1.165) is 48.3 Å². The summed E-state index contributed by atoms with van der Waals surface area (Å²) in [4.78, 5) is 12.0. The molecular weight excluding hydrogens is 536 g/mol. The van der Waals surface area contributed by atoms with Crippen molar-refractivity contribution in [1.29, 1.82) is 0 Å². The quantitative estimate of drug-likeness (QED) is 0.307. The number of hydrogen-bond acceptors (Lipinski definition) is 6. The van der Waals surface area contributed by atoms with Gasteiger partial charge in [0.15, 0.2) is 9.84 Å². The molecular formula is C34H38O6S. The number of esters is 1. The number of hydrogen-bond donors (Lipinski definition) is 0. The number of sulfone groups is 1. The van der Waals surface area contributed by atoms with E-state index in [0.29, 0.717) is 32.0 Å². The number of ether oxygens (including phenoxy) is 3. The summed E-state index contributed by atoms with van der Waals surface area (Å²) in [7, 11) is -2.92. The minimum absolute atomic E-state index is 0.0163. The van der Waals surface area contributed by atoms with E-state index in [9.17, 15) is 13.2 Å². The Bertz CT molecular complexity index is 1530. The van der Waals surface area contributed by atoms with Gasteiger partial charge in [-0.05, 0) is 110 Å². The minimum atomic E-state index is -2.92. The lowest BCUT2D eigenvalue weighted by Gasteiger charge is -2.24. The highest BCUT2D eigenvalue weighted by atomic mass is 32.2. The van der Waals surface area contributed by atoms with Gasteiger partial charge in [-0.1, -0.05) is 30.3 Å². The minimum Gasteiger partial charge on any atom is -0.493 e. The van der Waals surface area contributed by atoms with E-state index in [1.807, 2.05) is 6.92 Å². The molecule has 2 heterocycles. The van der Waals surface area contributed by atoms with Crippen LogP contribution in [-0.4, -0.2) is 45.2 Å². The summed E-state index contributed by atoms with van der Waals surface area (Å²) < 4.78 is 41.2. The molecule has 1 saturated carbocycles. The molecule has 6 rings (SSSR count). The first-order chi connectivity index (χ1) is 19.8. The number of fused-ring (bicyclic) bond motifs is 3. The van der Waals surface area contributed by atoms with Gasteiger partial charge < -0.3 is 14.2 Å². The summed E-state index contributed by atoms with van der Waals surface area (Å²) >= 11 is 0. The monoisotopic (exact) mass is 574 g/mol. The fourth-order valence-electron chi connectivity index (χ4n) is 6.27. The molecule has 0 amide bonds. The molecule has 3 aromatic rings. The third-order valence-corrected chi connectivity index (χ3v) is 10.3. The van der Waals surface area contributed by atoms with Crippen LogP contribution in [0.3, 0.4) is 0 Å². The van der Waals surface area contributed by atoms with E-state index in [1.165, 1.54) is 27.8 Å². The van der Waals surface area contributed by atoms with Gasteiger partial charge in [0.1, 0.15) is 17.6 Å². The predicted molar refractivity (Wildman–Crippen MR) is 159 cm³/mol. The molecule has 1 aliphatic carbocycles. The summed E-state index contributed by atoms with van der Waals surface area (Å²) in [6.07, 6.45) is 4.56. The second-order valence-electron chi connectivity index (χ2n) is 11.6. The molecule has 2 aliphatic heterocycles. The normalized spacial score (nSPS) is 21.1. The molecule has 6 nitrogen and oxygen atoms in total. The van der Waals surface area contributed by atoms with Gasteiger partial charge in [0.2, 0.25) is 0 Å². The van der Waals surface area contributed by atoms with Gasteiger partial charge in [0.05, 0.1) is 30.6 Å². The summed E-state index contributed by atoms with van der Waals surface area (Å²) in [5.74, 6) is 2.36. The van der Waals surface area contributed by atoms with E-state index in [2.05, 4.69) is 61.5 Å². The van der Waals surface area contributed by atoms with Crippen LogP contribution in [0, 0.1) is 12.8 Å². The van der Waals surface area contributed by atoms with Crippen LogP contribution in [0.4, 0.5) is 0 Å². The fourth-order valence-corrected chi connectivity index (χ4v) is 7.72. The van der Waals surface area contributed by atoms with Crippen molar-refractivity contribution >= 4 is 15.8 Å². The molecule has 2 fully saturated rings. The van der Waals surface area contributed by atoms with Gasteiger partial charge in [-0.25, -0.2) is 8.42 Å². The molecule has 0 N–H and O–H groups in total. The lowest BCUT2D eigenvalue weighted by atomic mass is 9.91. The third-order valence-electron chi connectivity index (χ3n) is 8.63. The van der Waals surface area contributed by atoms with E-state index in [-0.39, 0.29) is 29.5 Å². The molecule has 216 valence electrons. The Labute approximate surface area is 242 Å². The Morgan fingerprint density at radius 1 is 0.976 bits per heavy atom. The van der Waals surface area contributed by atoms with Gasteiger partial charge in [-0.15, -0.1) is 0 Å². The SMILES string of the molecule is CCOC(=O)[C@H]1C[C@@H]1c1ccc(CCc2ccc3c(c2)-c2c(C)cc(OC4CCS(=O)(=O)CC4)cc2CCO3)cc1. The van der Waals surface area contributed by atoms with Gasteiger partial charge in [-0.3, -0.25) is 4.79 Å². The van der Waals surface area contributed by atoms with Gasteiger partial charge in [0.25, 0.3) is 0 Å². The number of rotatable bonds is 8. The first kappa shape index (κ1) is 27.8. The second kappa shape index (κ2) is 11.5. The predicted octanol–water partition coefficient (Wildman–Crippen LogP) is 6.00. The molecule has 41 heavy (non-hydrogen) atoms. The van der Waals surface area contributed by atoms with Crippen LogP contribution < -0.4 is 9.47 Å². The van der Waals surface area contributed by atoms with Crippen LogP contribution in [0.2, 0.25) is 0 Å². The van der Waals surface area contributed by atoms with Crippen molar-refractivity contribution in [1.82, 2.24) is 0 Å². The van der Waals surface area contributed by atoms with Crippen LogP contribution in [0.1, 0.15) is 59.9 Å². The van der Waals surface area contributed by atoms with Crippen molar-refractivity contribution in [2.45, 2.75) is 64.4 Å². The highest BCUT2D eigenvalue weighted by Crippen LogP contribution is 2.48. The number of aryl methyl sites for hydroxylation is 3. The van der Waals surface area contributed by atoms with Crippen molar-refractivity contribution in [2.24, 2.45) is 5.92 Å². The number of carbonyl (C=O) groups is 1. The van der Waals surface area contributed by atoms with Crippen LogP contribution in [0.25, 0.3) is 11.1 Å². The van der Waals surface area contributed by atoms with Crippen LogP contribution in [-0.2, 0) is 38.6 Å². The van der Waals surface area contributed by atoms with E-state index in [1.54, 1.807) is 0 Å². The summed E-state index contributed by atoms with van der Waals surface area (Å²) in [5, 5.41) is 0. The highest BCUT2D eigenvalue weighted by Gasteiger charge is 2.45. The topological polar surface area (TPSA) is 78.9 Å². The Morgan fingerprint density at radius 3 is 2.46 bits per heavy atom. The van der Waals surface area contributed by atoms with E-state index < -0.39 is 9.84 Å². The zero-order chi connectivity index (χ0) is 28.6. The first-order valence-electron chi connectivity index (χ1n) is 14.8. The van der Waals surface area contributed by atoms with Crippen molar-refractivity contribution in [3.63, 3.8) is 0 Å². The maximum atomic E-state index is 12.0. The van der Waals surface area contributed by atoms with Crippen molar-refractivity contribution in [3.05, 3.63) is 82.4 Å². The van der Waals surface area contributed by atoms with Crippen LogP contribution in [0.15, 0.2) is 54.6 Å². The summed E-state index contributed by atoms with van der Waals surface area (Å²) in [5.41, 5.74) is 8.44. The molecule has 0 bridgehead atoms. The molecule has 3 aliphatic rings. The number of carbonyl (C=O) groups excluding carboxylic acids is 1. The van der Waals surface area contributed by atoms with Crippen LogP contribution >= 0.6 is 0 Å². The smallest absolute Gasteiger partial charge is 0.309 e. The van der Waals surface area contributed by atoms with Crippen molar-refractivity contribution in [2.75, 3.05) is 24.7 Å². The first-order valence-corrected chi connectivity index (χ1v) is 16.6. The Kier molecular flexibility index (Phi) is 7.82. The molecule has 7 heteroatoms. The zero-order valence-electron chi connectivity index (χ0n) is 23.9. The van der Waals surface area contributed by atoms with E-state index >= 15 is 0 Å². The Morgan fingerprint density at radius 2 is 1.71 bits per heavy atom. The zero-order valence-corrected chi connectivity index (χ0v) is 24.7. The second-order valence-corrected chi connectivity index (χ2v) is 13.9. The lowest BCUT2D eigenvalue weighted by molar-refractivity contribution is -0.144. The van der Waals surface area contributed by atoms with Crippen LogP contribution in [0.5, 0.6) is 11.5 Å². The van der Waals surface area contributed by atoms with Gasteiger partial charge >= 0.3 is 5.97 Å².